The molecule has 41 heavy (non-hydrogen) atoms. The van der Waals surface area contributed by atoms with E-state index >= 15 is 0 Å². The molecule has 1 atom stereocenters. The smallest absolute Gasteiger partial charge is 0.407 e. The summed E-state index contributed by atoms with van der Waals surface area (Å²) in [7, 11) is 0. The van der Waals surface area contributed by atoms with Crippen molar-refractivity contribution in [2.75, 3.05) is 13.2 Å². The number of carbonyl (C=O) groups excluding carboxylic acids is 1. The summed E-state index contributed by atoms with van der Waals surface area (Å²) in [6, 6.07) is 16.2. The largest absolute Gasteiger partial charge is 0.494 e. The van der Waals surface area contributed by atoms with Gasteiger partial charge in [-0.15, -0.1) is 0 Å². The van der Waals surface area contributed by atoms with E-state index in [0.717, 1.165) is 67.3 Å². The van der Waals surface area contributed by atoms with E-state index in [4.69, 9.17) is 4.74 Å². The van der Waals surface area contributed by atoms with Crippen molar-refractivity contribution in [3.8, 4) is 5.88 Å². The van der Waals surface area contributed by atoms with Gasteiger partial charge in [0.1, 0.15) is 12.2 Å². The summed E-state index contributed by atoms with van der Waals surface area (Å²) < 4.78 is 11.8. The van der Waals surface area contributed by atoms with Crippen molar-refractivity contribution in [2.45, 2.75) is 31.7 Å². The molecule has 5 heterocycles. The van der Waals surface area contributed by atoms with Crippen LogP contribution in [-0.4, -0.2) is 58.7 Å². The van der Waals surface area contributed by atoms with Crippen molar-refractivity contribution in [1.29, 1.82) is 0 Å². The number of para-hydroxylation sites is 2. The second kappa shape index (κ2) is 8.77. The highest BCUT2D eigenvalue weighted by atomic mass is 16.6. The molecule has 8 rings (SSSR count). The lowest BCUT2D eigenvalue weighted by Gasteiger charge is -2.28. The SMILES string of the molecule is O=C(NCCCn1ccnc1)OCC1(O)Cn2c3ccccc3c3c4c[nH]c(O)c4c4c5ccccc5n(c4c32)C1. The molecule has 0 bridgehead atoms. The maximum Gasteiger partial charge on any atom is 0.407 e. The first-order valence-corrected chi connectivity index (χ1v) is 13.7. The van der Waals surface area contributed by atoms with Crippen LogP contribution >= 0.6 is 0 Å². The van der Waals surface area contributed by atoms with Gasteiger partial charge in [-0.3, -0.25) is 0 Å². The predicted molar refractivity (Wildman–Crippen MR) is 157 cm³/mol. The Labute approximate surface area is 233 Å². The molecule has 206 valence electrons. The maximum absolute atomic E-state index is 12.7. The molecule has 1 unspecified atom stereocenters. The Morgan fingerprint density at radius 2 is 1.66 bits per heavy atom. The number of aromatic amines is 1. The number of hydrogen-bond acceptors (Lipinski definition) is 5. The molecule has 0 spiro atoms. The number of benzene rings is 3. The number of alkyl carbamates (subject to hydrolysis) is 1. The molecule has 1 amide bonds. The minimum absolute atomic E-state index is 0.120. The lowest BCUT2D eigenvalue weighted by Crippen LogP contribution is -2.44. The predicted octanol–water partition coefficient (Wildman–Crippen LogP) is 4.85. The Morgan fingerprint density at radius 3 is 2.37 bits per heavy atom. The quantitative estimate of drug-likeness (QED) is 0.222. The number of fused-ring (bicyclic) bond motifs is 9. The molecule has 0 fully saturated rings. The number of nitrogens with one attached hydrogen (secondary N) is 2. The van der Waals surface area contributed by atoms with E-state index in [1.54, 1.807) is 12.5 Å². The Morgan fingerprint density at radius 1 is 0.976 bits per heavy atom. The third-order valence-electron chi connectivity index (χ3n) is 8.34. The molecule has 0 aliphatic carbocycles. The highest BCUT2D eigenvalue weighted by Gasteiger charge is 2.37. The number of aryl methyl sites for hydroxylation is 1. The summed E-state index contributed by atoms with van der Waals surface area (Å²) in [5.74, 6) is 0.120. The number of H-pyrrole nitrogens is 1. The van der Waals surface area contributed by atoms with Gasteiger partial charge in [0, 0.05) is 69.6 Å². The molecule has 10 nitrogen and oxygen atoms in total. The van der Waals surface area contributed by atoms with Crippen LogP contribution in [0.15, 0.2) is 73.4 Å². The number of carbonyl (C=O) groups is 1. The Balaban J connectivity index is 1.23. The number of nitrogens with zero attached hydrogens (tertiary/aromatic N) is 4. The summed E-state index contributed by atoms with van der Waals surface area (Å²) in [6.07, 6.45) is 7.37. The molecule has 1 aliphatic rings. The fourth-order valence-corrected chi connectivity index (χ4v) is 6.67. The summed E-state index contributed by atoms with van der Waals surface area (Å²) >= 11 is 0. The number of amides is 1. The summed E-state index contributed by atoms with van der Waals surface area (Å²) in [4.78, 5) is 19.7. The average Bonchev–Trinajstić information content (AvgIpc) is 3.75. The van der Waals surface area contributed by atoms with Gasteiger partial charge in [-0.05, 0) is 18.6 Å². The highest BCUT2D eigenvalue weighted by molar-refractivity contribution is 6.36. The zero-order valence-electron chi connectivity index (χ0n) is 22.2. The summed E-state index contributed by atoms with van der Waals surface area (Å²) in [6.45, 7) is 1.45. The molecule has 4 N–H and O–H groups in total. The van der Waals surface area contributed by atoms with Crippen molar-refractivity contribution in [1.82, 2.24) is 29.0 Å². The van der Waals surface area contributed by atoms with Gasteiger partial charge in [0.05, 0.1) is 35.8 Å². The normalized spacial score (nSPS) is 16.9. The Bertz CT molecular complexity index is 2120. The standard InChI is InChI=1S/C31H28N6O4/c38-29-26-21(14-34-29)24-19-6-1-3-8-22(19)36-15-31(40,17-41-30(39)33-10-5-12-35-13-11-32-18-35)16-37-23-9-4-2-7-20(23)25(26)28(37)27(24)36/h1-4,6-9,11,13-14,18,34,38,40H,5,10,12,15-17H2,(H,33,39). The molecule has 7 aromatic rings. The van der Waals surface area contributed by atoms with Crippen molar-refractivity contribution in [3.05, 3.63) is 73.4 Å². The van der Waals surface area contributed by atoms with Crippen LogP contribution in [0, 0.1) is 0 Å². The monoisotopic (exact) mass is 548 g/mol. The molecule has 0 saturated carbocycles. The first-order chi connectivity index (χ1) is 20.0. The third-order valence-corrected chi connectivity index (χ3v) is 8.34. The van der Waals surface area contributed by atoms with Crippen molar-refractivity contribution < 1.29 is 19.7 Å². The van der Waals surface area contributed by atoms with E-state index in [2.05, 4.69) is 30.5 Å². The van der Waals surface area contributed by atoms with Crippen LogP contribution in [0.4, 0.5) is 4.79 Å². The van der Waals surface area contributed by atoms with Crippen LogP contribution in [0.2, 0.25) is 0 Å². The molecule has 0 radical (unpaired) electrons. The second-order valence-corrected chi connectivity index (χ2v) is 11.0. The third kappa shape index (κ3) is 3.53. The van der Waals surface area contributed by atoms with Gasteiger partial charge in [0.2, 0.25) is 0 Å². The van der Waals surface area contributed by atoms with Gasteiger partial charge in [0.25, 0.3) is 0 Å². The van der Waals surface area contributed by atoms with E-state index in [0.29, 0.717) is 6.54 Å². The van der Waals surface area contributed by atoms with E-state index in [9.17, 15) is 15.0 Å². The van der Waals surface area contributed by atoms with E-state index < -0.39 is 11.7 Å². The van der Waals surface area contributed by atoms with E-state index in [-0.39, 0.29) is 25.6 Å². The van der Waals surface area contributed by atoms with Crippen molar-refractivity contribution in [2.24, 2.45) is 0 Å². The first kappa shape index (κ1) is 23.9. The second-order valence-electron chi connectivity index (χ2n) is 11.0. The number of hydrogen-bond donors (Lipinski definition) is 4. The lowest BCUT2D eigenvalue weighted by molar-refractivity contribution is -0.0422. The van der Waals surface area contributed by atoms with Gasteiger partial charge < -0.3 is 39.0 Å². The first-order valence-electron chi connectivity index (χ1n) is 13.7. The zero-order chi connectivity index (χ0) is 27.7. The fraction of sp³-hybridized carbons (Fsp3) is 0.226. The van der Waals surface area contributed by atoms with Crippen LogP contribution in [0.3, 0.4) is 0 Å². The molecular weight excluding hydrogens is 520 g/mol. The number of aromatic nitrogens is 5. The number of aromatic hydroxyl groups is 1. The average molecular weight is 549 g/mol. The van der Waals surface area contributed by atoms with Gasteiger partial charge in [-0.2, -0.15) is 0 Å². The summed E-state index contributed by atoms with van der Waals surface area (Å²) in [5, 5.41) is 31.6. The molecule has 3 aromatic carbocycles. The minimum atomic E-state index is -1.39. The molecular formula is C31H28N6O4. The maximum atomic E-state index is 12.7. The van der Waals surface area contributed by atoms with E-state index in [1.807, 2.05) is 59.4 Å². The van der Waals surface area contributed by atoms with Gasteiger partial charge in [0.15, 0.2) is 5.88 Å². The highest BCUT2D eigenvalue weighted by Crippen LogP contribution is 2.48. The number of rotatable bonds is 6. The lowest BCUT2D eigenvalue weighted by atomic mass is 10.0. The molecule has 4 aromatic heterocycles. The molecule has 1 aliphatic heterocycles. The Kier molecular flexibility index (Phi) is 5.11. The fourth-order valence-electron chi connectivity index (χ4n) is 6.67. The number of ether oxygens (including phenoxy) is 1. The van der Waals surface area contributed by atoms with Crippen molar-refractivity contribution in [3.63, 3.8) is 0 Å². The van der Waals surface area contributed by atoms with Crippen LogP contribution in [0.25, 0.3) is 54.4 Å². The van der Waals surface area contributed by atoms with Crippen molar-refractivity contribution >= 4 is 60.5 Å². The van der Waals surface area contributed by atoms with E-state index in [1.165, 1.54) is 0 Å². The van der Waals surface area contributed by atoms with Crippen LogP contribution in [0.1, 0.15) is 6.42 Å². The number of imidazole rings is 1. The van der Waals surface area contributed by atoms with Crippen LogP contribution in [0.5, 0.6) is 5.88 Å². The zero-order valence-corrected chi connectivity index (χ0v) is 22.2. The Hall–Kier alpha value is -4.96. The molecule has 10 heteroatoms. The van der Waals surface area contributed by atoms with Crippen LogP contribution in [-0.2, 0) is 24.4 Å². The molecule has 0 saturated heterocycles. The summed E-state index contributed by atoms with van der Waals surface area (Å²) in [5.41, 5.74) is 2.45. The van der Waals surface area contributed by atoms with Gasteiger partial charge >= 0.3 is 6.09 Å². The van der Waals surface area contributed by atoms with Gasteiger partial charge in [-0.25, -0.2) is 9.78 Å². The number of aliphatic hydroxyl groups is 1. The topological polar surface area (TPSA) is 122 Å². The van der Waals surface area contributed by atoms with Gasteiger partial charge in [-0.1, -0.05) is 36.4 Å². The van der Waals surface area contributed by atoms with Crippen LogP contribution < -0.4 is 5.32 Å². The minimum Gasteiger partial charge on any atom is -0.494 e.